The van der Waals surface area contributed by atoms with Crippen molar-refractivity contribution in [1.82, 2.24) is 9.88 Å². The molecule has 0 bridgehead atoms. The molecule has 1 fully saturated rings. The highest BCUT2D eigenvalue weighted by atomic mass is 32.1. The molecule has 1 saturated heterocycles. The van der Waals surface area contributed by atoms with E-state index >= 15 is 0 Å². The molecule has 0 radical (unpaired) electrons. The maximum absolute atomic E-state index is 12.4. The van der Waals surface area contributed by atoms with Crippen LogP contribution in [0.2, 0.25) is 0 Å². The van der Waals surface area contributed by atoms with E-state index in [1.54, 1.807) is 12.0 Å². The number of anilines is 1. The van der Waals surface area contributed by atoms with Gasteiger partial charge in [0.1, 0.15) is 5.75 Å². The molecule has 1 unspecified atom stereocenters. The lowest BCUT2D eigenvalue weighted by molar-refractivity contribution is -0.128. The molecule has 1 aliphatic rings. The molecule has 2 aromatic rings. The molecule has 1 aromatic carbocycles. The SMILES string of the molecule is CCOc1ccc2nc(NC(=O)C3CC(=O)N(CCOC)C3)sc2c1. The van der Waals surface area contributed by atoms with Crippen LogP contribution in [0.25, 0.3) is 10.2 Å². The van der Waals surface area contributed by atoms with E-state index in [4.69, 9.17) is 9.47 Å². The van der Waals surface area contributed by atoms with Gasteiger partial charge in [0.2, 0.25) is 11.8 Å². The largest absolute Gasteiger partial charge is 0.494 e. The van der Waals surface area contributed by atoms with Crippen LogP contribution < -0.4 is 10.1 Å². The average Bonchev–Trinajstić information content (AvgIpc) is 3.15. The number of nitrogens with one attached hydrogen (secondary N) is 1. The lowest BCUT2D eigenvalue weighted by Crippen LogP contribution is -2.30. The van der Waals surface area contributed by atoms with E-state index in [9.17, 15) is 9.59 Å². The molecule has 25 heavy (non-hydrogen) atoms. The van der Waals surface area contributed by atoms with Gasteiger partial charge in [-0.05, 0) is 25.1 Å². The van der Waals surface area contributed by atoms with Crippen molar-refractivity contribution in [2.24, 2.45) is 5.92 Å². The number of hydrogen-bond acceptors (Lipinski definition) is 6. The van der Waals surface area contributed by atoms with Crippen LogP contribution in [-0.4, -0.2) is 55.1 Å². The predicted octanol–water partition coefficient (Wildman–Crippen LogP) is 2.13. The van der Waals surface area contributed by atoms with Gasteiger partial charge in [-0.1, -0.05) is 11.3 Å². The van der Waals surface area contributed by atoms with Gasteiger partial charge in [-0.15, -0.1) is 0 Å². The summed E-state index contributed by atoms with van der Waals surface area (Å²) < 4.78 is 11.4. The summed E-state index contributed by atoms with van der Waals surface area (Å²) >= 11 is 1.40. The Morgan fingerprint density at radius 3 is 3.08 bits per heavy atom. The molecular formula is C17H21N3O4S. The fraction of sp³-hybridized carbons (Fsp3) is 0.471. The van der Waals surface area contributed by atoms with Crippen molar-refractivity contribution >= 4 is 38.5 Å². The van der Waals surface area contributed by atoms with Crippen molar-refractivity contribution in [3.8, 4) is 5.75 Å². The zero-order valence-electron chi connectivity index (χ0n) is 14.3. The van der Waals surface area contributed by atoms with Crippen molar-refractivity contribution in [1.29, 1.82) is 0 Å². The number of benzene rings is 1. The van der Waals surface area contributed by atoms with E-state index in [1.807, 2.05) is 25.1 Å². The number of nitrogens with zero attached hydrogens (tertiary/aromatic N) is 2. The van der Waals surface area contributed by atoms with E-state index in [0.29, 0.717) is 31.4 Å². The molecule has 1 N–H and O–H groups in total. The monoisotopic (exact) mass is 363 g/mol. The lowest BCUT2D eigenvalue weighted by Gasteiger charge is -2.15. The number of aromatic nitrogens is 1. The first-order valence-electron chi connectivity index (χ1n) is 8.21. The number of hydrogen-bond donors (Lipinski definition) is 1. The first-order chi connectivity index (χ1) is 12.1. The second kappa shape index (κ2) is 7.79. The summed E-state index contributed by atoms with van der Waals surface area (Å²) in [6.07, 6.45) is 0.231. The standard InChI is InChI=1S/C17H21N3O4S/c1-3-24-12-4-5-13-14(9-12)25-17(18-13)19-16(22)11-8-15(21)20(10-11)6-7-23-2/h4-5,9,11H,3,6-8,10H2,1-2H3,(H,18,19,22). The second-order valence-corrected chi connectivity index (χ2v) is 6.84. The number of carbonyl (C=O) groups excluding carboxylic acids is 2. The highest BCUT2D eigenvalue weighted by molar-refractivity contribution is 7.22. The van der Waals surface area contributed by atoms with Crippen LogP contribution in [-0.2, 0) is 14.3 Å². The Hall–Kier alpha value is -2.19. The Bertz CT molecular complexity index is 776. The fourth-order valence-electron chi connectivity index (χ4n) is 2.79. The molecule has 0 saturated carbocycles. The third kappa shape index (κ3) is 4.08. The number of ether oxygens (including phenoxy) is 2. The van der Waals surface area contributed by atoms with Gasteiger partial charge in [-0.25, -0.2) is 4.98 Å². The predicted molar refractivity (Wildman–Crippen MR) is 96.0 cm³/mol. The Morgan fingerprint density at radius 1 is 1.48 bits per heavy atom. The maximum Gasteiger partial charge on any atom is 0.231 e. The zero-order chi connectivity index (χ0) is 17.8. The van der Waals surface area contributed by atoms with E-state index in [-0.39, 0.29) is 24.2 Å². The van der Waals surface area contributed by atoms with Gasteiger partial charge >= 0.3 is 0 Å². The number of thiazole rings is 1. The first kappa shape index (κ1) is 17.6. The van der Waals surface area contributed by atoms with Gasteiger partial charge in [-0.3, -0.25) is 9.59 Å². The zero-order valence-corrected chi connectivity index (χ0v) is 15.1. The minimum Gasteiger partial charge on any atom is -0.494 e. The Labute approximate surface area is 149 Å². The molecule has 3 rings (SSSR count). The Kier molecular flexibility index (Phi) is 5.50. The van der Waals surface area contributed by atoms with Gasteiger partial charge in [0.05, 0.1) is 29.3 Å². The van der Waals surface area contributed by atoms with Crippen LogP contribution in [0.15, 0.2) is 18.2 Å². The number of likely N-dealkylation sites (tertiary alicyclic amines) is 1. The highest BCUT2D eigenvalue weighted by Crippen LogP contribution is 2.30. The molecule has 0 aliphatic carbocycles. The van der Waals surface area contributed by atoms with E-state index < -0.39 is 0 Å². The van der Waals surface area contributed by atoms with E-state index in [0.717, 1.165) is 16.0 Å². The molecular weight excluding hydrogens is 342 g/mol. The molecule has 134 valence electrons. The maximum atomic E-state index is 12.4. The minimum absolute atomic E-state index is 0.0112. The van der Waals surface area contributed by atoms with Crippen LogP contribution in [0.1, 0.15) is 13.3 Å². The van der Waals surface area contributed by atoms with Crippen LogP contribution in [0, 0.1) is 5.92 Å². The number of fused-ring (bicyclic) bond motifs is 1. The summed E-state index contributed by atoms with van der Waals surface area (Å²) in [5, 5.41) is 3.38. The number of rotatable bonds is 7. The summed E-state index contributed by atoms with van der Waals surface area (Å²) in [5.41, 5.74) is 0.813. The van der Waals surface area contributed by atoms with E-state index in [2.05, 4.69) is 10.3 Å². The van der Waals surface area contributed by atoms with Gasteiger partial charge in [0.15, 0.2) is 5.13 Å². The molecule has 2 amide bonds. The smallest absolute Gasteiger partial charge is 0.231 e. The van der Waals surface area contributed by atoms with Gasteiger partial charge in [-0.2, -0.15) is 0 Å². The van der Waals surface area contributed by atoms with Gasteiger partial charge < -0.3 is 19.7 Å². The molecule has 1 aromatic heterocycles. The summed E-state index contributed by atoms with van der Waals surface area (Å²) in [5.74, 6) is 0.252. The topological polar surface area (TPSA) is 80.8 Å². The Morgan fingerprint density at radius 2 is 2.32 bits per heavy atom. The van der Waals surface area contributed by atoms with Gasteiger partial charge in [0, 0.05) is 26.6 Å². The van der Waals surface area contributed by atoms with Crippen LogP contribution >= 0.6 is 11.3 Å². The first-order valence-corrected chi connectivity index (χ1v) is 9.03. The average molecular weight is 363 g/mol. The summed E-state index contributed by atoms with van der Waals surface area (Å²) in [7, 11) is 1.59. The van der Waals surface area contributed by atoms with E-state index in [1.165, 1.54) is 11.3 Å². The van der Waals surface area contributed by atoms with Crippen molar-refractivity contribution in [3.63, 3.8) is 0 Å². The van der Waals surface area contributed by atoms with Crippen LogP contribution in [0.5, 0.6) is 5.75 Å². The molecule has 7 nitrogen and oxygen atoms in total. The second-order valence-electron chi connectivity index (χ2n) is 5.80. The summed E-state index contributed by atoms with van der Waals surface area (Å²) in [6.45, 7) is 3.94. The molecule has 1 atom stereocenters. The van der Waals surface area contributed by atoms with Crippen LogP contribution in [0.3, 0.4) is 0 Å². The molecule has 2 heterocycles. The minimum atomic E-state index is -0.352. The fourth-order valence-corrected chi connectivity index (χ4v) is 3.68. The normalized spacial score (nSPS) is 17.3. The number of methoxy groups -OCH3 is 1. The summed E-state index contributed by atoms with van der Waals surface area (Å²) in [4.78, 5) is 30.5. The van der Waals surface area contributed by atoms with Crippen LogP contribution in [0.4, 0.5) is 5.13 Å². The number of amides is 2. The van der Waals surface area contributed by atoms with Crippen molar-refractivity contribution in [3.05, 3.63) is 18.2 Å². The molecule has 0 spiro atoms. The van der Waals surface area contributed by atoms with Crippen molar-refractivity contribution in [2.45, 2.75) is 13.3 Å². The molecule has 8 heteroatoms. The number of carbonyl (C=O) groups is 2. The molecule has 1 aliphatic heterocycles. The highest BCUT2D eigenvalue weighted by Gasteiger charge is 2.34. The van der Waals surface area contributed by atoms with Gasteiger partial charge in [0.25, 0.3) is 0 Å². The lowest BCUT2D eigenvalue weighted by atomic mass is 10.1. The van der Waals surface area contributed by atoms with Crippen molar-refractivity contribution < 1.29 is 19.1 Å². The summed E-state index contributed by atoms with van der Waals surface area (Å²) in [6, 6.07) is 5.65. The Balaban J connectivity index is 1.65. The van der Waals surface area contributed by atoms with Crippen molar-refractivity contribution in [2.75, 3.05) is 38.7 Å². The third-order valence-corrected chi connectivity index (χ3v) is 4.99. The third-order valence-electron chi connectivity index (χ3n) is 4.05. The quantitative estimate of drug-likeness (QED) is 0.815.